The zero-order valence-corrected chi connectivity index (χ0v) is 14.7. The molecule has 3 aromatic rings. The molecule has 0 saturated heterocycles. The minimum atomic E-state index is -0.795. The number of carbonyl (C=O) groups is 1. The lowest BCUT2D eigenvalue weighted by atomic mass is 10.1. The highest BCUT2D eigenvalue weighted by Crippen LogP contribution is 2.35. The molecule has 0 aliphatic carbocycles. The highest BCUT2D eigenvalue weighted by atomic mass is 19.1. The van der Waals surface area contributed by atoms with E-state index in [4.69, 9.17) is 15.2 Å². The fraction of sp³-hybridized carbons (Fsp3) is 0.250. The molecule has 0 aliphatic heterocycles. The number of aromatic nitrogens is 1. The largest absolute Gasteiger partial charge is 0.465 e. The molecule has 0 bridgehead atoms. The van der Waals surface area contributed by atoms with Crippen LogP contribution in [0.3, 0.4) is 0 Å². The summed E-state index contributed by atoms with van der Waals surface area (Å²) in [5.41, 5.74) is 7.80. The van der Waals surface area contributed by atoms with Crippen molar-refractivity contribution < 1.29 is 18.7 Å². The molecule has 5 nitrogen and oxygen atoms in total. The van der Waals surface area contributed by atoms with Gasteiger partial charge in [0.2, 0.25) is 5.88 Å². The predicted molar refractivity (Wildman–Crippen MR) is 97.7 cm³/mol. The first-order valence-corrected chi connectivity index (χ1v) is 8.43. The van der Waals surface area contributed by atoms with Crippen LogP contribution in [-0.2, 0) is 23.0 Å². The van der Waals surface area contributed by atoms with Crippen molar-refractivity contribution >= 4 is 16.9 Å². The van der Waals surface area contributed by atoms with Crippen LogP contribution in [0.5, 0.6) is 11.6 Å². The first kappa shape index (κ1) is 17.9. The van der Waals surface area contributed by atoms with Crippen molar-refractivity contribution in [3.05, 3.63) is 59.9 Å². The Morgan fingerprint density at radius 2 is 1.88 bits per heavy atom. The van der Waals surface area contributed by atoms with Gasteiger partial charge in [-0.05, 0) is 37.3 Å². The van der Waals surface area contributed by atoms with Gasteiger partial charge in [0.1, 0.15) is 17.6 Å². The van der Waals surface area contributed by atoms with Crippen LogP contribution < -0.4 is 10.5 Å². The van der Waals surface area contributed by atoms with Crippen molar-refractivity contribution in [3.63, 3.8) is 0 Å². The lowest BCUT2D eigenvalue weighted by molar-refractivity contribution is -0.144. The Kier molecular flexibility index (Phi) is 5.23. The molecule has 136 valence electrons. The number of ether oxygens (including phenoxy) is 2. The van der Waals surface area contributed by atoms with Crippen LogP contribution >= 0.6 is 0 Å². The monoisotopic (exact) mass is 356 g/mol. The molecule has 0 saturated carbocycles. The number of benzene rings is 2. The Labute approximate surface area is 151 Å². The van der Waals surface area contributed by atoms with Crippen LogP contribution in [0.1, 0.15) is 12.5 Å². The van der Waals surface area contributed by atoms with Gasteiger partial charge in [-0.15, -0.1) is 0 Å². The molecule has 0 amide bonds. The summed E-state index contributed by atoms with van der Waals surface area (Å²) in [6.07, 6.45) is 0.275. The van der Waals surface area contributed by atoms with Crippen LogP contribution in [0.25, 0.3) is 10.9 Å². The summed E-state index contributed by atoms with van der Waals surface area (Å²) < 4.78 is 26.1. The van der Waals surface area contributed by atoms with E-state index >= 15 is 0 Å². The summed E-state index contributed by atoms with van der Waals surface area (Å²) in [5.74, 6) is 0.285. The van der Waals surface area contributed by atoms with Crippen molar-refractivity contribution in [2.75, 3.05) is 6.61 Å². The maximum absolute atomic E-state index is 13.2. The molecule has 6 heteroatoms. The molecular formula is C20H21FN2O3. The number of fused-ring (bicyclic) bond motifs is 1. The highest BCUT2D eigenvalue weighted by molar-refractivity contribution is 5.88. The van der Waals surface area contributed by atoms with Crippen LogP contribution in [-0.4, -0.2) is 23.2 Å². The Hall–Kier alpha value is -2.86. The van der Waals surface area contributed by atoms with E-state index in [1.165, 1.54) is 12.1 Å². The second-order valence-electron chi connectivity index (χ2n) is 5.98. The Morgan fingerprint density at radius 1 is 1.19 bits per heavy atom. The predicted octanol–water partition coefficient (Wildman–Crippen LogP) is 3.54. The van der Waals surface area contributed by atoms with Gasteiger partial charge in [-0.3, -0.25) is 4.79 Å². The quantitative estimate of drug-likeness (QED) is 0.686. The number of carbonyl (C=O) groups excluding carboxylic acids is 1. The number of nitrogens with two attached hydrogens (primary N) is 1. The van der Waals surface area contributed by atoms with Gasteiger partial charge in [-0.25, -0.2) is 4.39 Å². The zero-order valence-electron chi connectivity index (χ0n) is 14.7. The maximum Gasteiger partial charge on any atom is 0.323 e. The molecule has 1 heterocycles. The first-order chi connectivity index (χ1) is 12.5. The summed E-state index contributed by atoms with van der Waals surface area (Å²) >= 11 is 0. The summed E-state index contributed by atoms with van der Waals surface area (Å²) in [5, 5.41) is 0.951. The van der Waals surface area contributed by atoms with Crippen LogP contribution in [0.4, 0.5) is 4.39 Å². The van der Waals surface area contributed by atoms with Crippen LogP contribution in [0, 0.1) is 5.82 Å². The van der Waals surface area contributed by atoms with E-state index in [9.17, 15) is 9.18 Å². The molecule has 0 radical (unpaired) electrons. The summed E-state index contributed by atoms with van der Waals surface area (Å²) in [6, 6.07) is 12.8. The molecule has 0 spiro atoms. The van der Waals surface area contributed by atoms with Gasteiger partial charge < -0.3 is 19.8 Å². The fourth-order valence-electron chi connectivity index (χ4n) is 2.94. The molecule has 1 unspecified atom stereocenters. The standard InChI is InChI=1S/C20H21FN2O3/c1-3-25-20(24)17(22)12-16-15-6-4-5-7-18(15)23(2)19(16)26-14-10-8-13(21)9-11-14/h4-11,17H,3,12,22H2,1-2H3. The number of para-hydroxylation sites is 1. The molecule has 1 aromatic heterocycles. The van der Waals surface area contributed by atoms with Gasteiger partial charge >= 0.3 is 5.97 Å². The van der Waals surface area contributed by atoms with Crippen molar-refractivity contribution in [1.29, 1.82) is 0 Å². The summed E-state index contributed by atoms with van der Waals surface area (Å²) in [4.78, 5) is 12.0. The van der Waals surface area contributed by atoms with E-state index in [1.54, 1.807) is 19.1 Å². The van der Waals surface area contributed by atoms with E-state index in [2.05, 4.69) is 0 Å². The molecule has 2 aromatic carbocycles. The molecule has 0 aliphatic rings. The lowest BCUT2D eigenvalue weighted by Gasteiger charge is -2.13. The molecule has 26 heavy (non-hydrogen) atoms. The van der Waals surface area contributed by atoms with Gasteiger partial charge in [-0.1, -0.05) is 18.2 Å². The molecule has 3 rings (SSSR count). The third-order valence-electron chi connectivity index (χ3n) is 4.19. The van der Waals surface area contributed by atoms with Crippen molar-refractivity contribution in [2.24, 2.45) is 12.8 Å². The van der Waals surface area contributed by atoms with E-state index in [-0.39, 0.29) is 18.8 Å². The van der Waals surface area contributed by atoms with Crippen molar-refractivity contribution in [3.8, 4) is 11.6 Å². The van der Waals surface area contributed by atoms with E-state index in [0.717, 1.165) is 16.5 Å². The van der Waals surface area contributed by atoms with E-state index in [1.807, 2.05) is 35.9 Å². The third kappa shape index (κ3) is 3.55. The second-order valence-corrected chi connectivity index (χ2v) is 5.98. The zero-order chi connectivity index (χ0) is 18.7. The summed E-state index contributed by atoms with van der Waals surface area (Å²) in [7, 11) is 1.88. The minimum absolute atomic E-state index is 0.275. The number of halogens is 1. The van der Waals surface area contributed by atoms with Gasteiger partial charge in [0.25, 0.3) is 0 Å². The van der Waals surface area contributed by atoms with Gasteiger partial charge in [0.05, 0.1) is 12.1 Å². The second kappa shape index (κ2) is 7.58. The van der Waals surface area contributed by atoms with Gasteiger partial charge in [0, 0.05) is 24.4 Å². The number of hydrogen-bond acceptors (Lipinski definition) is 4. The topological polar surface area (TPSA) is 66.5 Å². The minimum Gasteiger partial charge on any atom is -0.465 e. The Morgan fingerprint density at radius 3 is 2.58 bits per heavy atom. The molecular weight excluding hydrogens is 335 g/mol. The van der Waals surface area contributed by atoms with Crippen LogP contribution in [0.2, 0.25) is 0 Å². The SMILES string of the molecule is CCOC(=O)C(N)Cc1c(Oc2ccc(F)cc2)n(C)c2ccccc12. The van der Waals surface area contributed by atoms with Gasteiger partial charge in [-0.2, -0.15) is 0 Å². The van der Waals surface area contributed by atoms with E-state index < -0.39 is 12.0 Å². The molecule has 1 atom stereocenters. The number of aryl methyl sites for hydroxylation is 1. The van der Waals surface area contributed by atoms with E-state index in [0.29, 0.717) is 11.6 Å². The number of nitrogens with zero attached hydrogens (tertiary/aromatic N) is 1. The first-order valence-electron chi connectivity index (χ1n) is 8.43. The van der Waals surface area contributed by atoms with Crippen molar-refractivity contribution in [1.82, 2.24) is 4.57 Å². The summed E-state index contributed by atoms with van der Waals surface area (Å²) in [6.45, 7) is 2.02. The normalized spacial score (nSPS) is 12.2. The lowest BCUT2D eigenvalue weighted by Crippen LogP contribution is -2.34. The Balaban J connectivity index is 2.01. The smallest absolute Gasteiger partial charge is 0.323 e. The van der Waals surface area contributed by atoms with Gasteiger partial charge in [0.15, 0.2) is 0 Å². The fourth-order valence-corrected chi connectivity index (χ4v) is 2.94. The molecule has 0 fully saturated rings. The molecule has 2 N–H and O–H groups in total. The number of hydrogen-bond donors (Lipinski definition) is 1. The van der Waals surface area contributed by atoms with Crippen LogP contribution in [0.15, 0.2) is 48.5 Å². The number of rotatable bonds is 6. The highest BCUT2D eigenvalue weighted by Gasteiger charge is 2.23. The maximum atomic E-state index is 13.2. The average molecular weight is 356 g/mol. The third-order valence-corrected chi connectivity index (χ3v) is 4.19. The average Bonchev–Trinajstić information content (AvgIpc) is 2.90. The van der Waals surface area contributed by atoms with Crippen molar-refractivity contribution in [2.45, 2.75) is 19.4 Å². The Bertz CT molecular complexity index is 919. The number of esters is 1.